The minimum Gasteiger partial charge on any atom is -0.498 e. The zero-order valence-electron chi connectivity index (χ0n) is 4.26. The molecule has 1 heterocycles. The van der Waals surface area contributed by atoms with Gasteiger partial charge in [-0.05, 0) is 19.1 Å². The van der Waals surface area contributed by atoms with Crippen molar-refractivity contribution in [3.63, 3.8) is 0 Å². The molecule has 0 radical (unpaired) electrons. The molecule has 44 valence electrons. The van der Waals surface area contributed by atoms with Gasteiger partial charge < -0.3 is 10.1 Å². The summed E-state index contributed by atoms with van der Waals surface area (Å²) in [5.74, 6) is 0. The van der Waals surface area contributed by atoms with E-state index in [2.05, 4.69) is 4.98 Å². The Balaban J connectivity index is 3.35. The van der Waals surface area contributed by atoms with E-state index in [-0.39, 0.29) is 5.06 Å². The second-order valence-corrected chi connectivity index (χ2v) is 3.11. The highest BCUT2D eigenvalue weighted by Gasteiger charge is 1.94. The number of aromatic nitrogens is 1. The molecule has 0 aliphatic carbocycles. The molecular weight excluding hydrogens is 142 g/mol. The van der Waals surface area contributed by atoms with Crippen LogP contribution in [0, 0.1) is 10.9 Å². The zero-order chi connectivity index (χ0) is 6.15. The second-order valence-electron chi connectivity index (χ2n) is 1.44. The average Bonchev–Trinajstić information content (AvgIpc) is 1.85. The molecule has 0 amide bonds. The number of aromatic amines is 1. The van der Waals surface area contributed by atoms with Gasteiger partial charge in [-0.25, -0.2) is 0 Å². The summed E-state index contributed by atoms with van der Waals surface area (Å²) in [5, 5.41) is 9.15. The van der Waals surface area contributed by atoms with Crippen molar-refractivity contribution in [3.8, 4) is 5.06 Å². The van der Waals surface area contributed by atoms with Gasteiger partial charge in [-0.3, -0.25) is 0 Å². The van der Waals surface area contributed by atoms with E-state index in [1.165, 1.54) is 11.3 Å². The molecule has 2 nitrogen and oxygen atoms in total. The summed E-state index contributed by atoms with van der Waals surface area (Å²) in [4.78, 5) is 2.79. The van der Waals surface area contributed by atoms with Crippen molar-refractivity contribution in [2.24, 2.45) is 0 Å². The predicted octanol–water partition coefficient (Wildman–Crippen LogP) is 1.82. The van der Waals surface area contributed by atoms with E-state index in [9.17, 15) is 0 Å². The molecule has 0 aromatic carbocycles. The van der Waals surface area contributed by atoms with Crippen molar-refractivity contribution in [3.05, 3.63) is 9.65 Å². The first-order chi connectivity index (χ1) is 3.70. The van der Waals surface area contributed by atoms with Crippen LogP contribution in [0.2, 0.25) is 0 Å². The standard InChI is InChI=1S/C4H5NOS2/c1-2-3(6)8-4(7)5-2/h6H,1H3,(H,5,7). The molecule has 0 unspecified atom stereocenters. The van der Waals surface area contributed by atoms with E-state index in [0.29, 0.717) is 3.95 Å². The van der Waals surface area contributed by atoms with Crippen LogP contribution in [0.5, 0.6) is 5.06 Å². The van der Waals surface area contributed by atoms with Crippen molar-refractivity contribution in [2.75, 3.05) is 0 Å². The molecule has 0 aliphatic rings. The van der Waals surface area contributed by atoms with Crippen molar-refractivity contribution in [1.29, 1.82) is 0 Å². The van der Waals surface area contributed by atoms with Crippen molar-refractivity contribution >= 4 is 23.6 Å². The quantitative estimate of drug-likeness (QED) is 0.549. The monoisotopic (exact) mass is 147 g/mol. The molecule has 0 saturated carbocycles. The molecule has 2 N–H and O–H groups in total. The molecule has 4 heteroatoms. The fourth-order valence-electron chi connectivity index (χ4n) is 0.396. The molecule has 1 aromatic rings. The fourth-order valence-corrected chi connectivity index (χ4v) is 1.37. The first-order valence-corrected chi connectivity index (χ1v) is 3.31. The molecule has 1 rings (SSSR count). The minimum absolute atomic E-state index is 0.287. The van der Waals surface area contributed by atoms with Crippen molar-refractivity contribution < 1.29 is 5.11 Å². The summed E-state index contributed by atoms with van der Waals surface area (Å²) >= 11 is 5.91. The van der Waals surface area contributed by atoms with Crippen molar-refractivity contribution in [2.45, 2.75) is 6.92 Å². The third kappa shape index (κ3) is 0.900. The third-order valence-electron chi connectivity index (χ3n) is 0.800. The number of thiazole rings is 1. The van der Waals surface area contributed by atoms with Gasteiger partial charge >= 0.3 is 0 Å². The van der Waals surface area contributed by atoms with Gasteiger partial charge in [0.05, 0.1) is 5.69 Å². The van der Waals surface area contributed by atoms with E-state index in [1.807, 2.05) is 0 Å². The van der Waals surface area contributed by atoms with Crippen LogP contribution in [0.4, 0.5) is 0 Å². The average molecular weight is 147 g/mol. The molecule has 0 bridgehead atoms. The van der Waals surface area contributed by atoms with E-state index >= 15 is 0 Å². The van der Waals surface area contributed by atoms with Gasteiger partial charge in [-0.1, -0.05) is 11.3 Å². The van der Waals surface area contributed by atoms with Gasteiger partial charge in [0.1, 0.15) is 0 Å². The summed E-state index contributed by atoms with van der Waals surface area (Å²) in [6.07, 6.45) is 0. The summed E-state index contributed by atoms with van der Waals surface area (Å²) in [7, 11) is 0. The van der Waals surface area contributed by atoms with E-state index < -0.39 is 0 Å². The fraction of sp³-hybridized carbons (Fsp3) is 0.250. The Labute approximate surface area is 55.8 Å². The zero-order valence-corrected chi connectivity index (χ0v) is 5.90. The Kier molecular flexibility index (Phi) is 1.35. The third-order valence-corrected chi connectivity index (χ3v) is 1.94. The lowest BCUT2D eigenvalue weighted by atomic mass is 10.6. The van der Waals surface area contributed by atoms with Crippen LogP contribution in [0.25, 0.3) is 0 Å². The van der Waals surface area contributed by atoms with Crippen LogP contribution >= 0.6 is 23.6 Å². The summed E-state index contributed by atoms with van der Waals surface area (Å²) in [6, 6.07) is 0. The van der Waals surface area contributed by atoms with Crippen LogP contribution in [-0.2, 0) is 0 Å². The lowest BCUT2D eigenvalue weighted by molar-refractivity contribution is 0.485. The van der Waals surface area contributed by atoms with Gasteiger partial charge in [-0.15, -0.1) is 0 Å². The molecule has 1 aromatic heterocycles. The number of aromatic hydroxyl groups is 1. The van der Waals surface area contributed by atoms with Crippen LogP contribution in [0.3, 0.4) is 0 Å². The number of H-pyrrole nitrogens is 1. The molecule has 0 fully saturated rings. The summed E-state index contributed by atoms with van der Waals surface area (Å²) in [5.41, 5.74) is 0.750. The predicted molar refractivity (Wildman–Crippen MR) is 35.9 cm³/mol. The maximum atomic E-state index is 8.86. The van der Waals surface area contributed by atoms with Crippen molar-refractivity contribution in [1.82, 2.24) is 4.98 Å². The maximum absolute atomic E-state index is 8.86. The van der Waals surface area contributed by atoms with Gasteiger partial charge in [-0.2, -0.15) is 0 Å². The molecule has 0 spiro atoms. The Bertz CT molecular complexity index is 214. The van der Waals surface area contributed by atoms with E-state index in [1.54, 1.807) is 6.92 Å². The minimum atomic E-state index is 0.287. The van der Waals surface area contributed by atoms with Gasteiger partial charge in [0.15, 0.2) is 9.02 Å². The lowest BCUT2D eigenvalue weighted by Gasteiger charge is -1.79. The second kappa shape index (κ2) is 1.87. The van der Waals surface area contributed by atoms with Gasteiger partial charge in [0.25, 0.3) is 0 Å². The van der Waals surface area contributed by atoms with Crippen LogP contribution in [0.1, 0.15) is 5.69 Å². The van der Waals surface area contributed by atoms with Crippen LogP contribution in [-0.4, -0.2) is 10.1 Å². The summed E-state index contributed by atoms with van der Waals surface area (Å²) in [6.45, 7) is 1.78. The topological polar surface area (TPSA) is 36.0 Å². The molecule has 0 aliphatic heterocycles. The van der Waals surface area contributed by atoms with E-state index in [4.69, 9.17) is 17.3 Å². The highest BCUT2D eigenvalue weighted by Crippen LogP contribution is 2.20. The highest BCUT2D eigenvalue weighted by molar-refractivity contribution is 7.73. The Morgan fingerprint density at radius 2 is 2.38 bits per heavy atom. The van der Waals surface area contributed by atoms with Gasteiger partial charge in [0.2, 0.25) is 0 Å². The molecule has 0 atom stereocenters. The number of hydrogen-bond donors (Lipinski definition) is 2. The number of nitrogens with one attached hydrogen (secondary N) is 1. The first kappa shape index (κ1) is 5.78. The SMILES string of the molecule is Cc1[nH]c(=S)sc1O. The van der Waals surface area contributed by atoms with Crippen LogP contribution in [0.15, 0.2) is 0 Å². The molecule has 0 saturated heterocycles. The van der Waals surface area contributed by atoms with Crippen LogP contribution < -0.4 is 0 Å². The Hall–Kier alpha value is -0.350. The largest absolute Gasteiger partial charge is 0.498 e. The lowest BCUT2D eigenvalue weighted by Crippen LogP contribution is -1.65. The maximum Gasteiger partial charge on any atom is 0.193 e. The Morgan fingerprint density at radius 3 is 2.50 bits per heavy atom. The summed E-state index contributed by atoms with van der Waals surface area (Å²) < 4.78 is 0.625. The molecular formula is C4H5NOS2. The number of aryl methyl sites for hydroxylation is 1. The smallest absolute Gasteiger partial charge is 0.193 e. The Morgan fingerprint density at radius 1 is 1.75 bits per heavy atom. The first-order valence-electron chi connectivity index (χ1n) is 2.09. The number of hydrogen-bond acceptors (Lipinski definition) is 3. The normalized spacial score (nSPS) is 9.62. The highest BCUT2D eigenvalue weighted by atomic mass is 32.1. The van der Waals surface area contributed by atoms with Gasteiger partial charge in [0, 0.05) is 0 Å². The van der Waals surface area contributed by atoms with E-state index in [0.717, 1.165) is 5.69 Å². The molecule has 8 heavy (non-hydrogen) atoms. The number of rotatable bonds is 0.